The van der Waals surface area contributed by atoms with Crippen molar-refractivity contribution in [2.24, 2.45) is 5.92 Å². The number of hydrogen-bond donors (Lipinski definition) is 2. The maximum Gasteiger partial charge on any atom is 0.212 e. The highest BCUT2D eigenvalue weighted by atomic mass is 32.2. The lowest BCUT2D eigenvalue weighted by atomic mass is 9.90. The summed E-state index contributed by atoms with van der Waals surface area (Å²) in [5.74, 6) is 0.794. The zero-order chi connectivity index (χ0) is 13.6. The van der Waals surface area contributed by atoms with Gasteiger partial charge < -0.3 is 5.32 Å². The molecule has 0 atom stereocenters. The molecule has 5 nitrogen and oxygen atoms in total. The summed E-state index contributed by atoms with van der Waals surface area (Å²) in [5, 5.41) is 3.27. The summed E-state index contributed by atoms with van der Waals surface area (Å²) < 4.78 is 26.7. The standard InChI is InChI=1S/C13H27N3O2S/c17-19(18,11-10-16-8-6-14-7-9-16)15-12-13-4-2-1-3-5-13/h13-15H,1-12H2. The molecule has 1 saturated heterocycles. The third-order valence-electron chi connectivity index (χ3n) is 4.20. The number of nitrogens with zero attached hydrogens (tertiary/aromatic N) is 1. The van der Waals surface area contributed by atoms with E-state index in [1.165, 1.54) is 32.1 Å². The highest BCUT2D eigenvalue weighted by Gasteiger charge is 2.18. The second-order valence-electron chi connectivity index (χ2n) is 5.76. The Hall–Kier alpha value is -0.170. The molecule has 0 spiro atoms. The number of hydrogen-bond acceptors (Lipinski definition) is 4. The molecule has 112 valence electrons. The molecule has 0 aromatic heterocycles. The van der Waals surface area contributed by atoms with Crippen LogP contribution in [0.1, 0.15) is 32.1 Å². The highest BCUT2D eigenvalue weighted by Crippen LogP contribution is 2.22. The molecule has 2 rings (SSSR count). The Balaban J connectivity index is 1.65. The Labute approximate surface area is 117 Å². The van der Waals surface area contributed by atoms with Crippen LogP contribution in [0.4, 0.5) is 0 Å². The maximum absolute atomic E-state index is 12.0. The zero-order valence-corrected chi connectivity index (χ0v) is 12.6. The van der Waals surface area contributed by atoms with Crippen molar-refractivity contribution in [2.45, 2.75) is 32.1 Å². The third-order valence-corrected chi connectivity index (χ3v) is 5.53. The van der Waals surface area contributed by atoms with E-state index >= 15 is 0 Å². The highest BCUT2D eigenvalue weighted by molar-refractivity contribution is 7.89. The van der Waals surface area contributed by atoms with Crippen LogP contribution in [0.5, 0.6) is 0 Å². The summed E-state index contributed by atoms with van der Waals surface area (Å²) in [6.45, 7) is 5.15. The third kappa shape index (κ3) is 5.77. The van der Waals surface area contributed by atoms with Gasteiger partial charge in [-0.05, 0) is 18.8 Å². The molecule has 19 heavy (non-hydrogen) atoms. The second kappa shape index (κ2) is 7.57. The smallest absolute Gasteiger partial charge is 0.212 e. The quantitative estimate of drug-likeness (QED) is 0.743. The van der Waals surface area contributed by atoms with E-state index in [0.29, 0.717) is 19.0 Å². The molecular weight excluding hydrogens is 262 g/mol. The van der Waals surface area contributed by atoms with E-state index in [4.69, 9.17) is 0 Å². The van der Waals surface area contributed by atoms with Crippen molar-refractivity contribution < 1.29 is 8.42 Å². The van der Waals surface area contributed by atoms with E-state index in [0.717, 1.165) is 26.2 Å². The minimum atomic E-state index is -3.09. The first kappa shape index (κ1) is 15.2. The fourth-order valence-corrected chi connectivity index (χ4v) is 4.02. The lowest BCUT2D eigenvalue weighted by Gasteiger charge is -2.27. The lowest BCUT2D eigenvalue weighted by Crippen LogP contribution is -2.46. The summed E-state index contributed by atoms with van der Waals surface area (Å²) in [7, 11) is -3.09. The van der Waals surface area contributed by atoms with Gasteiger partial charge in [-0.15, -0.1) is 0 Å². The molecule has 1 aliphatic carbocycles. The lowest BCUT2D eigenvalue weighted by molar-refractivity contribution is 0.253. The van der Waals surface area contributed by atoms with Crippen molar-refractivity contribution in [1.82, 2.24) is 14.9 Å². The van der Waals surface area contributed by atoms with Gasteiger partial charge in [-0.1, -0.05) is 19.3 Å². The molecule has 2 fully saturated rings. The van der Waals surface area contributed by atoms with Gasteiger partial charge in [0.1, 0.15) is 0 Å². The predicted molar refractivity (Wildman–Crippen MR) is 77.7 cm³/mol. The summed E-state index contributed by atoms with van der Waals surface area (Å²) in [6, 6.07) is 0. The molecule has 0 aromatic rings. The topological polar surface area (TPSA) is 61.4 Å². The Kier molecular flexibility index (Phi) is 6.06. The molecule has 0 bridgehead atoms. The first-order valence-corrected chi connectivity index (χ1v) is 9.21. The van der Waals surface area contributed by atoms with E-state index < -0.39 is 10.0 Å². The van der Waals surface area contributed by atoms with Crippen molar-refractivity contribution in [1.29, 1.82) is 0 Å². The SMILES string of the molecule is O=S(=O)(CCN1CCNCC1)NCC1CCCCC1. The molecule has 2 N–H and O–H groups in total. The van der Waals surface area contributed by atoms with Gasteiger partial charge >= 0.3 is 0 Å². The Morgan fingerprint density at radius 2 is 1.79 bits per heavy atom. The number of sulfonamides is 1. The summed E-state index contributed by atoms with van der Waals surface area (Å²) in [5.41, 5.74) is 0. The van der Waals surface area contributed by atoms with Crippen molar-refractivity contribution in [2.75, 3.05) is 45.0 Å². The Morgan fingerprint density at radius 1 is 1.11 bits per heavy atom. The van der Waals surface area contributed by atoms with Crippen LogP contribution in [0.2, 0.25) is 0 Å². The van der Waals surface area contributed by atoms with Crippen LogP contribution in [0.25, 0.3) is 0 Å². The molecule has 1 saturated carbocycles. The van der Waals surface area contributed by atoms with Gasteiger partial charge in [0.05, 0.1) is 5.75 Å². The number of rotatable bonds is 6. The van der Waals surface area contributed by atoms with E-state index in [1.54, 1.807) is 0 Å². The average molecular weight is 289 g/mol. The van der Waals surface area contributed by atoms with Gasteiger partial charge in [0, 0.05) is 39.3 Å². The fraction of sp³-hybridized carbons (Fsp3) is 1.00. The predicted octanol–water partition coefficient (Wildman–Crippen LogP) is 0.391. The first-order chi connectivity index (χ1) is 9.16. The molecular formula is C13H27N3O2S. The number of nitrogens with one attached hydrogen (secondary N) is 2. The molecule has 0 unspecified atom stereocenters. The van der Waals surface area contributed by atoms with Crippen LogP contribution < -0.4 is 10.0 Å². The number of piperazine rings is 1. The van der Waals surface area contributed by atoms with E-state index in [2.05, 4.69) is 14.9 Å². The van der Waals surface area contributed by atoms with Crippen molar-refractivity contribution >= 4 is 10.0 Å². The molecule has 1 heterocycles. The van der Waals surface area contributed by atoms with Crippen molar-refractivity contribution in [3.8, 4) is 0 Å². The largest absolute Gasteiger partial charge is 0.314 e. The molecule has 0 aromatic carbocycles. The molecule has 6 heteroatoms. The Bertz CT molecular complexity index is 319. The van der Waals surface area contributed by atoms with Gasteiger partial charge in [0.2, 0.25) is 10.0 Å². The monoisotopic (exact) mass is 289 g/mol. The molecule has 0 radical (unpaired) electrons. The van der Waals surface area contributed by atoms with Gasteiger partial charge in [0.25, 0.3) is 0 Å². The molecule has 0 amide bonds. The van der Waals surface area contributed by atoms with Gasteiger partial charge in [0.15, 0.2) is 0 Å². The first-order valence-electron chi connectivity index (χ1n) is 7.56. The van der Waals surface area contributed by atoms with Crippen LogP contribution in [0.3, 0.4) is 0 Å². The summed E-state index contributed by atoms with van der Waals surface area (Å²) >= 11 is 0. The van der Waals surface area contributed by atoms with E-state index in [-0.39, 0.29) is 5.75 Å². The van der Waals surface area contributed by atoms with E-state index in [1.807, 2.05) is 0 Å². The van der Waals surface area contributed by atoms with Crippen LogP contribution >= 0.6 is 0 Å². The van der Waals surface area contributed by atoms with E-state index in [9.17, 15) is 8.42 Å². The normalized spacial score (nSPS) is 23.6. The maximum atomic E-state index is 12.0. The van der Waals surface area contributed by atoms with Gasteiger partial charge in [-0.2, -0.15) is 0 Å². The summed E-state index contributed by atoms with van der Waals surface area (Å²) in [4.78, 5) is 2.22. The minimum Gasteiger partial charge on any atom is -0.314 e. The zero-order valence-electron chi connectivity index (χ0n) is 11.7. The van der Waals surface area contributed by atoms with Crippen molar-refractivity contribution in [3.05, 3.63) is 0 Å². The Morgan fingerprint density at radius 3 is 2.47 bits per heavy atom. The fourth-order valence-electron chi connectivity index (χ4n) is 2.89. The van der Waals surface area contributed by atoms with Gasteiger partial charge in [-0.25, -0.2) is 13.1 Å². The minimum absolute atomic E-state index is 0.236. The molecule has 2 aliphatic rings. The van der Waals surface area contributed by atoms with Crippen LogP contribution in [-0.4, -0.2) is 58.3 Å². The van der Waals surface area contributed by atoms with Gasteiger partial charge in [-0.3, -0.25) is 4.90 Å². The van der Waals surface area contributed by atoms with Crippen molar-refractivity contribution in [3.63, 3.8) is 0 Å². The van der Waals surface area contributed by atoms with Crippen LogP contribution in [0, 0.1) is 5.92 Å². The summed E-state index contributed by atoms with van der Waals surface area (Å²) in [6.07, 6.45) is 6.19. The molecule has 1 aliphatic heterocycles. The van der Waals surface area contributed by atoms with Crippen LogP contribution in [-0.2, 0) is 10.0 Å². The van der Waals surface area contributed by atoms with Crippen LogP contribution in [0.15, 0.2) is 0 Å². The average Bonchev–Trinajstić information content (AvgIpc) is 2.46. The second-order valence-corrected chi connectivity index (χ2v) is 7.69.